The summed E-state index contributed by atoms with van der Waals surface area (Å²) < 4.78 is 27.0. The summed E-state index contributed by atoms with van der Waals surface area (Å²) in [6.07, 6.45) is 2.33. The molecule has 9 heteroatoms. The predicted octanol–water partition coefficient (Wildman–Crippen LogP) is 1.51. The normalized spacial score (nSPS) is 20.5. The minimum atomic E-state index is -3.52. The van der Waals surface area contributed by atoms with Gasteiger partial charge in [0.05, 0.1) is 4.90 Å². The molecular formula is C18H26N4O4S. The molecule has 1 unspecified atom stereocenters. The molecule has 27 heavy (non-hydrogen) atoms. The first-order valence-corrected chi connectivity index (χ1v) is 10.7. The zero-order chi connectivity index (χ0) is 19.6. The number of nitrogens with one attached hydrogen (secondary N) is 3. The van der Waals surface area contributed by atoms with Crippen molar-refractivity contribution in [2.75, 3.05) is 18.4 Å². The number of carbonyl (C=O) groups is 2. The van der Waals surface area contributed by atoms with Gasteiger partial charge in [-0.05, 0) is 49.4 Å². The molecule has 0 spiro atoms. The van der Waals surface area contributed by atoms with Crippen LogP contribution in [0.1, 0.15) is 33.1 Å². The molecule has 1 aliphatic carbocycles. The number of anilines is 1. The lowest BCUT2D eigenvalue weighted by atomic mass is 10.0. The van der Waals surface area contributed by atoms with Gasteiger partial charge in [-0.15, -0.1) is 0 Å². The molecule has 8 nitrogen and oxygen atoms in total. The number of rotatable bonds is 6. The monoisotopic (exact) mass is 394 g/mol. The fourth-order valence-electron chi connectivity index (χ4n) is 3.04. The van der Waals surface area contributed by atoms with Crippen LogP contribution in [0.15, 0.2) is 29.2 Å². The summed E-state index contributed by atoms with van der Waals surface area (Å²) in [7, 11) is -3.52. The van der Waals surface area contributed by atoms with Gasteiger partial charge >= 0.3 is 6.03 Å². The number of hydrogen-bond donors (Lipinski definition) is 3. The minimum absolute atomic E-state index is 0.0394. The molecule has 3 amide bonds. The van der Waals surface area contributed by atoms with Gasteiger partial charge in [-0.3, -0.25) is 4.79 Å². The molecule has 0 radical (unpaired) electrons. The molecule has 3 N–H and O–H groups in total. The standard InChI is InChI=1S/C18H26N4O4S/c1-12(2)11-16-17(23)19-9-10-22(16)18(24)20-13-5-7-15(8-6-13)27(25,26)21-14-3-4-14/h5-8,12,14,16,21H,3-4,9-11H2,1-2H3,(H,19,23)(H,20,24). The third-order valence-corrected chi connectivity index (χ3v) is 6.14. The largest absolute Gasteiger partial charge is 0.353 e. The van der Waals surface area contributed by atoms with Gasteiger partial charge in [0.2, 0.25) is 15.9 Å². The summed E-state index contributed by atoms with van der Waals surface area (Å²) in [5.74, 6) is 0.135. The van der Waals surface area contributed by atoms with Gasteiger partial charge in [-0.1, -0.05) is 13.8 Å². The Morgan fingerprint density at radius 2 is 1.93 bits per heavy atom. The van der Waals surface area contributed by atoms with Crippen molar-refractivity contribution < 1.29 is 18.0 Å². The number of carbonyl (C=O) groups excluding carboxylic acids is 2. The van der Waals surface area contributed by atoms with E-state index in [0.717, 1.165) is 12.8 Å². The third kappa shape index (κ3) is 4.98. The van der Waals surface area contributed by atoms with E-state index < -0.39 is 16.1 Å². The second-order valence-electron chi connectivity index (χ2n) is 7.48. The lowest BCUT2D eigenvalue weighted by Crippen LogP contribution is -2.58. The number of sulfonamides is 1. The highest BCUT2D eigenvalue weighted by atomic mass is 32.2. The summed E-state index contributed by atoms with van der Waals surface area (Å²) in [6.45, 7) is 4.87. The molecule has 2 fully saturated rings. The van der Waals surface area contributed by atoms with E-state index in [4.69, 9.17) is 0 Å². The van der Waals surface area contributed by atoms with Crippen LogP contribution in [0.3, 0.4) is 0 Å². The van der Waals surface area contributed by atoms with E-state index in [9.17, 15) is 18.0 Å². The van der Waals surface area contributed by atoms with Gasteiger partial charge < -0.3 is 15.5 Å². The average molecular weight is 394 g/mol. The first-order valence-electron chi connectivity index (χ1n) is 9.24. The van der Waals surface area contributed by atoms with Gasteiger partial charge in [-0.2, -0.15) is 0 Å². The number of hydrogen-bond acceptors (Lipinski definition) is 4. The van der Waals surface area contributed by atoms with Crippen LogP contribution in [0.4, 0.5) is 10.5 Å². The Morgan fingerprint density at radius 3 is 2.52 bits per heavy atom. The van der Waals surface area contributed by atoms with E-state index >= 15 is 0 Å². The highest BCUT2D eigenvalue weighted by Crippen LogP contribution is 2.23. The first kappa shape index (κ1) is 19.6. The van der Waals surface area contributed by atoms with Crippen molar-refractivity contribution in [2.24, 2.45) is 5.92 Å². The van der Waals surface area contributed by atoms with Crippen molar-refractivity contribution in [1.82, 2.24) is 14.9 Å². The minimum Gasteiger partial charge on any atom is -0.353 e. The average Bonchev–Trinajstić information content (AvgIpc) is 3.40. The molecule has 1 aliphatic heterocycles. The first-order chi connectivity index (χ1) is 12.8. The van der Waals surface area contributed by atoms with Crippen LogP contribution in [0.2, 0.25) is 0 Å². The van der Waals surface area contributed by atoms with Crippen molar-refractivity contribution >= 4 is 27.6 Å². The van der Waals surface area contributed by atoms with Crippen LogP contribution in [0.5, 0.6) is 0 Å². The van der Waals surface area contributed by atoms with Gasteiger partial charge in [-0.25, -0.2) is 17.9 Å². The van der Waals surface area contributed by atoms with E-state index in [-0.39, 0.29) is 28.8 Å². The molecule has 0 aromatic heterocycles. The summed E-state index contributed by atoms with van der Waals surface area (Å²) in [6, 6.07) is 5.23. The molecule has 0 bridgehead atoms. The van der Waals surface area contributed by atoms with Gasteiger partial charge in [0, 0.05) is 24.8 Å². The Kier molecular flexibility index (Phi) is 5.71. The molecule has 1 atom stereocenters. The van der Waals surface area contributed by atoms with Gasteiger partial charge in [0.25, 0.3) is 0 Å². The molecule has 1 aromatic rings. The Hall–Kier alpha value is -2.13. The van der Waals surface area contributed by atoms with Crippen molar-refractivity contribution in [1.29, 1.82) is 0 Å². The molecule has 1 aromatic carbocycles. The Bertz CT molecular complexity index is 803. The van der Waals surface area contributed by atoms with E-state index in [1.807, 2.05) is 13.8 Å². The Morgan fingerprint density at radius 1 is 1.26 bits per heavy atom. The Balaban J connectivity index is 1.66. The summed E-state index contributed by atoms with van der Waals surface area (Å²) >= 11 is 0. The van der Waals surface area contributed by atoms with E-state index in [1.165, 1.54) is 17.0 Å². The van der Waals surface area contributed by atoms with E-state index in [2.05, 4.69) is 15.4 Å². The number of urea groups is 1. The molecule has 3 rings (SSSR count). The summed E-state index contributed by atoms with van der Waals surface area (Å²) in [5.41, 5.74) is 0.486. The fourth-order valence-corrected chi connectivity index (χ4v) is 4.34. The van der Waals surface area contributed by atoms with E-state index in [0.29, 0.717) is 25.2 Å². The smallest absolute Gasteiger partial charge is 0.322 e. The van der Waals surface area contributed by atoms with Crippen molar-refractivity contribution in [3.05, 3.63) is 24.3 Å². The van der Waals surface area contributed by atoms with Crippen LogP contribution >= 0.6 is 0 Å². The van der Waals surface area contributed by atoms with Crippen molar-refractivity contribution in [2.45, 2.75) is 50.1 Å². The number of piperazine rings is 1. The lowest BCUT2D eigenvalue weighted by molar-refractivity contribution is -0.128. The van der Waals surface area contributed by atoms with Crippen LogP contribution in [-0.4, -0.2) is 50.4 Å². The second-order valence-corrected chi connectivity index (χ2v) is 9.19. The highest BCUT2D eigenvalue weighted by Gasteiger charge is 2.33. The maximum atomic E-state index is 12.6. The maximum absolute atomic E-state index is 12.6. The van der Waals surface area contributed by atoms with Gasteiger partial charge in [0.1, 0.15) is 6.04 Å². The number of nitrogens with zero attached hydrogens (tertiary/aromatic N) is 1. The van der Waals surface area contributed by atoms with Crippen LogP contribution in [0.25, 0.3) is 0 Å². The number of amides is 3. The number of benzene rings is 1. The fraction of sp³-hybridized carbons (Fsp3) is 0.556. The van der Waals surface area contributed by atoms with Crippen molar-refractivity contribution in [3.63, 3.8) is 0 Å². The zero-order valence-corrected chi connectivity index (χ0v) is 16.4. The third-order valence-electron chi connectivity index (χ3n) is 4.60. The quantitative estimate of drug-likeness (QED) is 0.680. The molecule has 1 saturated carbocycles. The zero-order valence-electron chi connectivity index (χ0n) is 15.6. The summed E-state index contributed by atoms with van der Waals surface area (Å²) in [5, 5.41) is 5.56. The molecular weight excluding hydrogens is 368 g/mol. The Labute approximate surface area is 159 Å². The summed E-state index contributed by atoms with van der Waals surface area (Å²) in [4.78, 5) is 26.5. The SMILES string of the molecule is CC(C)CC1C(=O)NCCN1C(=O)Nc1ccc(S(=O)(=O)NC2CC2)cc1. The van der Waals surface area contributed by atoms with Crippen molar-refractivity contribution in [3.8, 4) is 0 Å². The molecule has 2 aliphatic rings. The van der Waals surface area contributed by atoms with Crippen LogP contribution in [-0.2, 0) is 14.8 Å². The van der Waals surface area contributed by atoms with Crippen LogP contribution in [0, 0.1) is 5.92 Å². The molecule has 1 saturated heterocycles. The van der Waals surface area contributed by atoms with E-state index in [1.54, 1.807) is 12.1 Å². The highest BCUT2D eigenvalue weighted by molar-refractivity contribution is 7.89. The lowest BCUT2D eigenvalue weighted by Gasteiger charge is -2.35. The van der Waals surface area contributed by atoms with Gasteiger partial charge in [0.15, 0.2) is 0 Å². The predicted molar refractivity (Wildman–Crippen MR) is 102 cm³/mol. The molecule has 148 valence electrons. The topological polar surface area (TPSA) is 108 Å². The van der Waals surface area contributed by atoms with Crippen LogP contribution < -0.4 is 15.4 Å². The molecule has 1 heterocycles. The maximum Gasteiger partial charge on any atom is 0.322 e. The second kappa shape index (κ2) is 7.85.